The lowest BCUT2D eigenvalue weighted by molar-refractivity contribution is -0.116. The second-order valence-electron chi connectivity index (χ2n) is 2.80. The molecule has 0 aromatic rings. The molecule has 0 bridgehead atoms. The van der Waals surface area contributed by atoms with Crippen molar-refractivity contribution in [3.8, 4) is 0 Å². The minimum atomic E-state index is -0.821. The third kappa shape index (κ3) is 6.74. The number of rotatable bonds is 8. The fourth-order valence-corrected chi connectivity index (χ4v) is 0.889. The number of allylic oxidation sites excluding steroid dienone is 1. The molecular weight excluding hydrogens is 196 g/mol. The fourth-order valence-electron chi connectivity index (χ4n) is 0.889. The molecule has 0 rings (SSSR count). The van der Waals surface area contributed by atoms with E-state index in [-0.39, 0.29) is 18.1 Å². The van der Waals surface area contributed by atoms with Gasteiger partial charge in [0.05, 0.1) is 25.4 Å². The topological polar surface area (TPSA) is 55.8 Å². The van der Waals surface area contributed by atoms with Gasteiger partial charge in [-0.25, -0.2) is 0 Å². The molecule has 0 radical (unpaired) electrons. The first kappa shape index (κ1) is 13.7. The Morgan fingerprint density at radius 2 is 1.93 bits per heavy atom. The quantitative estimate of drug-likeness (QED) is 0.377. The number of ketones is 1. The van der Waals surface area contributed by atoms with Crippen LogP contribution in [0.15, 0.2) is 24.7 Å². The van der Waals surface area contributed by atoms with E-state index < -0.39 is 6.10 Å². The Morgan fingerprint density at radius 1 is 1.40 bits per heavy atom. The Balaban J connectivity index is 4.25. The van der Waals surface area contributed by atoms with Crippen LogP contribution in [0.5, 0.6) is 0 Å². The monoisotopic (exact) mass is 214 g/mol. The summed E-state index contributed by atoms with van der Waals surface area (Å²) in [6.07, 6.45) is 1.73. The Hall–Kier alpha value is -1.29. The van der Waals surface area contributed by atoms with Crippen LogP contribution in [0.1, 0.15) is 20.3 Å². The molecule has 86 valence electrons. The van der Waals surface area contributed by atoms with E-state index in [4.69, 9.17) is 14.6 Å². The second kappa shape index (κ2) is 8.05. The van der Waals surface area contributed by atoms with Crippen molar-refractivity contribution in [3.63, 3.8) is 0 Å². The molecule has 0 unspecified atom stereocenters. The lowest BCUT2D eigenvalue weighted by Crippen LogP contribution is -2.10. The van der Waals surface area contributed by atoms with Crippen LogP contribution in [-0.2, 0) is 14.3 Å². The lowest BCUT2D eigenvalue weighted by atomic mass is 10.2. The molecule has 0 aromatic carbocycles. The molecular formula is C11H18O4. The predicted octanol–water partition coefficient (Wildman–Crippen LogP) is 1.41. The van der Waals surface area contributed by atoms with Crippen LogP contribution in [0, 0.1) is 0 Å². The lowest BCUT2D eigenvalue weighted by Gasteiger charge is -2.08. The Bertz CT molecular complexity index is 225. The van der Waals surface area contributed by atoms with Crippen molar-refractivity contribution in [2.45, 2.75) is 26.4 Å². The van der Waals surface area contributed by atoms with Crippen LogP contribution in [0.2, 0.25) is 0 Å². The van der Waals surface area contributed by atoms with E-state index in [1.54, 1.807) is 13.8 Å². The van der Waals surface area contributed by atoms with Crippen molar-refractivity contribution in [3.05, 3.63) is 24.7 Å². The molecule has 0 aromatic heterocycles. The molecule has 0 aliphatic rings. The summed E-state index contributed by atoms with van der Waals surface area (Å²) in [6.45, 7) is 7.85. The summed E-state index contributed by atoms with van der Waals surface area (Å²) in [7, 11) is 0. The Kier molecular flexibility index (Phi) is 7.36. The van der Waals surface area contributed by atoms with Gasteiger partial charge in [-0.1, -0.05) is 6.08 Å². The first-order valence-corrected chi connectivity index (χ1v) is 4.94. The summed E-state index contributed by atoms with van der Waals surface area (Å²) in [4.78, 5) is 11.3. The van der Waals surface area contributed by atoms with Crippen molar-refractivity contribution in [1.82, 2.24) is 0 Å². The predicted molar refractivity (Wildman–Crippen MR) is 57.2 cm³/mol. The zero-order valence-electron chi connectivity index (χ0n) is 9.23. The molecule has 0 aliphatic heterocycles. The largest absolute Gasteiger partial charge is 0.466 e. The highest BCUT2D eigenvalue weighted by Crippen LogP contribution is 2.03. The van der Waals surface area contributed by atoms with E-state index >= 15 is 0 Å². The molecule has 0 saturated heterocycles. The SMILES string of the molecule is C=C[C@@H](O)CC(=O)C=C(OCC)OCC. The van der Waals surface area contributed by atoms with Crippen LogP contribution < -0.4 is 0 Å². The zero-order chi connectivity index (χ0) is 11.7. The van der Waals surface area contributed by atoms with Crippen LogP contribution >= 0.6 is 0 Å². The zero-order valence-corrected chi connectivity index (χ0v) is 9.23. The number of hydrogen-bond donors (Lipinski definition) is 1. The van der Waals surface area contributed by atoms with Crippen molar-refractivity contribution in [1.29, 1.82) is 0 Å². The van der Waals surface area contributed by atoms with Gasteiger partial charge in [-0.3, -0.25) is 4.79 Å². The summed E-state index contributed by atoms with van der Waals surface area (Å²) in [5, 5.41) is 9.15. The van der Waals surface area contributed by atoms with E-state index in [2.05, 4.69) is 6.58 Å². The fraction of sp³-hybridized carbons (Fsp3) is 0.545. The maximum atomic E-state index is 11.3. The molecule has 0 spiro atoms. The minimum Gasteiger partial charge on any atom is -0.466 e. The van der Waals surface area contributed by atoms with Crippen molar-refractivity contribution >= 4 is 5.78 Å². The summed E-state index contributed by atoms with van der Waals surface area (Å²) < 4.78 is 10.2. The van der Waals surface area contributed by atoms with Gasteiger partial charge >= 0.3 is 0 Å². The molecule has 0 saturated carbocycles. The van der Waals surface area contributed by atoms with E-state index in [0.29, 0.717) is 13.2 Å². The summed E-state index contributed by atoms with van der Waals surface area (Å²) in [5.74, 6) is -0.0550. The van der Waals surface area contributed by atoms with Crippen LogP contribution in [-0.4, -0.2) is 30.2 Å². The maximum Gasteiger partial charge on any atom is 0.282 e. The van der Waals surface area contributed by atoms with Crippen molar-refractivity contribution in [2.75, 3.05) is 13.2 Å². The van der Waals surface area contributed by atoms with Gasteiger partial charge in [0.25, 0.3) is 5.95 Å². The molecule has 0 aliphatic carbocycles. The number of ether oxygens (including phenoxy) is 2. The standard InChI is InChI=1S/C11H18O4/c1-4-9(12)7-10(13)8-11(14-5-2)15-6-3/h4,8-9,12H,1,5-7H2,2-3H3/t9-/m1/s1. The van der Waals surface area contributed by atoms with Crippen molar-refractivity contribution < 1.29 is 19.4 Å². The first-order chi connectivity index (χ1) is 7.13. The van der Waals surface area contributed by atoms with Crippen LogP contribution in [0.25, 0.3) is 0 Å². The molecule has 1 atom stereocenters. The summed E-state index contributed by atoms with van der Waals surface area (Å²) in [6, 6.07) is 0. The highest BCUT2D eigenvalue weighted by molar-refractivity contribution is 5.90. The first-order valence-electron chi connectivity index (χ1n) is 4.94. The molecule has 1 N–H and O–H groups in total. The second-order valence-corrected chi connectivity index (χ2v) is 2.80. The molecule has 0 fully saturated rings. The van der Waals surface area contributed by atoms with E-state index in [0.717, 1.165) is 0 Å². The highest BCUT2D eigenvalue weighted by Gasteiger charge is 2.08. The van der Waals surface area contributed by atoms with E-state index in [1.165, 1.54) is 12.2 Å². The van der Waals surface area contributed by atoms with Gasteiger partial charge < -0.3 is 14.6 Å². The highest BCUT2D eigenvalue weighted by atomic mass is 16.7. The van der Waals surface area contributed by atoms with Gasteiger partial charge in [0.1, 0.15) is 0 Å². The third-order valence-electron chi connectivity index (χ3n) is 1.53. The number of carbonyl (C=O) groups is 1. The van der Waals surface area contributed by atoms with Gasteiger partial charge in [0, 0.05) is 6.42 Å². The van der Waals surface area contributed by atoms with Crippen LogP contribution in [0.4, 0.5) is 0 Å². The van der Waals surface area contributed by atoms with E-state index in [9.17, 15) is 4.79 Å². The molecule has 15 heavy (non-hydrogen) atoms. The smallest absolute Gasteiger partial charge is 0.282 e. The van der Waals surface area contributed by atoms with Crippen molar-refractivity contribution in [2.24, 2.45) is 0 Å². The van der Waals surface area contributed by atoms with Gasteiger partial charge in [-0.05, 0) is 13.8 Å². The Morgan fingerprint density at radius 3 is 2.33 bits per heavy atom. The van der Waals surface area contributed by atoms with Crippen LogP contribution in [0.3, 0.4) is 0 Å². The van der Waals surface area contributed by atoms with Gasteiger partial charge in [0.2, 0.25) is 0 Å². The molecule has 0 amide bonds. The third-order valence-corrected chi connectivity index (χ3v) is 1.53. The van der Waals surface area contributed by atoms with Gasteiger partial charge in [-0.15, -0.1) is 6.58 Å². The summed E-state index contributed by atoms with van der Waals surface area (Å²) >= 11 is 0. The molecule has 4 heteroatoms. The number of hydrogen-bond acceptors (Lipinski definition) is 4. The summed E-state index contributed by atoms with van der Waals surface area (Å²) in [5.41, 5.74) is 0. The number of carbonyl (C=O) groups excluding carboxylic acids is 1. The molecule has 0 heterocycles. The Labute approximate surface area is 90.2 Å². The average Bonchev–Trinajstić information content (AvgIpc) is 2.18. The molecule has 4 nitrogen and oxygen atoms in total. The minimum absolute atomic E-state index is 0.00680. The normalized spacial score (nSPS) is 11.4. The number of aliphatic hydroxyl groups is 1. The number of aliphatic hydroxyl groups excluding tert-OH is 1. The van der Waals surface area contributed by atoms with Gasteiger partial charge in [0.15, 0.2) is 5.78 Å². The maximum absolute atomic E-state index is 11.3. The van der Waals surface area contributed by atoms with E-state index in [1.807, 2.05) is 0 Å². The average molecular weight is 214 g/mol. The van der Waals surface area contributed by atoms with Gasteiger partial charge in [-0.2, -0.15) is 0 Å².